The molecule has 1 aliphatic rings. The van der Waals surface area contributed by atoms with Gasteiger partial charge in [0.1, 0.15) is 6.34 Å². The molecule has 0 N–H and O–H groups in total. The van der Waals surface area contributed by atoms with Crippen LogP contribution in [0, 0.1) is 0 Å². The van der Waals surface area contributed by atoms with E-state index in [1.165, 1.54) is 0 Å². The van der Waals surface area contributed by atoms with E-state index in [1.807, 2.05) is 0 Å². The van der Waals surface area contributed by atoms with Gasteiger partial charge in [0.15, 0.2) is 6.17 Å². The number of hydrogen-bond acceptors (Lipinski definition) is 3. The fraction of sp³-hybridized carbons (Fsp3) is 0.875. The van der Waals surface area contributed by atoms with Crippen LogP contribution >= 0.6 is 34.8 Å². The number of nitrogens with zero attached hydrogens (tertiary/aromatic N) is 3. The first kappa shape index (κ1) is 16.8. The Kier molecular flexibility index (Phi) is 4.69. The standard InChI is InChI=1S/C8H9Cl3F5N3/c1-2-3-19-5(6(9,10)11)18(4-17-19)8(15,16)7(12,13)14/h4-5H,2-3H2,1H3. The molecule has 0 aromatic carbocycles. The van der Waals surface area contributed by atoms with E-state index < -0.39 is 27.1 Å². The average molecular weight is 349 g/mol. The summed E-state index contributed by atoms with van der Waals surface area (Å²) in [5, 5.41) is 4.32. The summed E-state index contributed by atoms with van der Waals surface area (Å²) in [5.74, 6) is 0. The second-order valence-corrected chi connectivity index (χ2v) is 6.12. The van der Waals surface area contributed by atoms with Crippen LogP contribution in [0.25, 0.3) is 0 Å². The van der Waals surface area contributed by atoms with E-state index >= 15 is 0 Å². The van der Waals surface area contributed by atoms with Gasteiger partial charge in [0.05, 0.1) is 0 Å². The number of alkyl halides is 8. The van der Waals surface area contributed by atoms with Crippen molar-refractivity contribution in [1.29, 1.82) is 0 Å². The molecule has 3 nitrogen and oxygen atoms in total. The molecule has 1 heterocycles. The lowest BCUT2D eigenvalue weighted by molar-refractivity contribution is -0.333. The first-order chi connectivity index (χ1) is 8.43. The third kappa shape index (κ3) is 3.28. The first-order valence-corrected chi connectivity index (χ1v) is 6.16. The summed E-state index contributed by atoms with van der Waals surface area (Å²) < 4.78 is 61.4. The number of hydrazone groups is 1. The average Bonchev–Trinajstić information content (AvgIpc) is 2.60. The minimum Gasteiger partial charge on any atom is -0.268 e. The van der Waals surface area contributed by atoms with Crippen LogP contribution in [-0.4, -0.2) is 45.0 Å². The lowest BCUT2D eigenvalue weighted by Crippen LogP contribution is -2.60. The van der Waals surface area contributed by atoms with Gasteiger partial charge < -0.3 is 0 Å². The molecule has 0 spiro atoms. The normalized spacial score (nSPS) is 21.4. The van der Waals surface area contributed by atoms with Crippen LogP contribution < -0.4 is 0 Å². The third-order valence-corrected chi connectivity index (χ3v) is 2.87. The van der Waals surface area contributed by atoms with Crippen molar-refractivity contribution in [3.63, 3.8) is 0 Å². The quantitative estimate of drug-likeness (QED) is 0.439. The monoisotopic (exact) mass is 347 g/mol. The van der Waals surface area contributed by atoms with E-state index in [4.69, 9.17) is 34.8 Å². The molecule has 0 aliphatic carbocycles. The minimum absolute atomic E-state index is 0.0690. The summed E-state index contributed by atoms with van der Waals surface area (Å²) in [5.41, 5.74) is 0. The Morgan fingerprint density at radius 2 is 1.68 bits per heavy atom. The van der Waals surface area contributed by atoms with Gasteiger partial charge in [-0.25, -0.2) is 0 Å². The van der Waals surface area contributed by atoms with Crippen molar-refractivity contribution in [1.82, 2.24) is 9.91 Å². The highest BCUT2D eigenvalue weighted by Crippen LogP contribution is 2.46. The summed E-state index contributed by atoms with van der Waals surface area (Å²) in [4.78, 5) is -0.393. The second kappa shape index (κ2) is 5.29. The summed E-state index contributed by atoms with van der Waals surface area (Å²) in [6.45, 7) is 1.75. The Morgan fingerprint density at radius 1 is 1.16 bits per heavy atom. The van der Waals surface area contributed by atoms with Crippen molar-refractivity contribution in [3.05, 3.63) is 0 Å². The van der Waals surface area contributed by atoms with Crippen LogP contribution in [0.2, 0.25) is 0 Å². The topological polar surface area (TPSA) is 18.8 Å². The number of halogens is 8. The Bertz CT molecular complexity index is 355. The van der Waals surface area contributed by atoms with Gasteiger partial charge in [0.2, 0.25) is 3.79 Å². The van der Waals surface area contributed by atoms with Crippen molar-refractivity contribution in [2.45, 2.75) is 35.5 Å². The van der Waals surface area contributed by atoms with Crippen LogP contribution in [0.3, 0.4) is 0 Å². The highest BCUT2D eigenvalue weighted by molar-refractivity contribution is 6.68. The second-order valence-electron chi connectivity index (χ2n) is 3.76. The molecule has 19 heavy (non-hydrogen) atoms. The molecular weight excluding hydrogens is 339 g/mol. The minimum atomic E-state index is -5.81. The van der Waals surface area contributed by atoms with E-state index in [-0.39, 0.29) is 6.54 Å². The molecule has 1 atom stereocenters. The smallest absolute Gasteiger partial charge is 0.268 e. The molecule has 112 valence electrons. The summed E-state index contributed by atoms with van der Waals surface area (Å²) in [7, 11) is 0. The molecule has 11 heteroatoms. The zero-order valence-electron chi connectivity index (χ0n) is 9.43. The van der Waals surface area contributed by atoms with E-state index in [9.17, 15) is 22.0 Å². The van der Waals surface area contributed by atoms with Crippen molar-refractivity contribution in [2.75, 3.05) is 6.54 Å². The van der Waals surface area contributed by atoms with E-state index in [0.29, 0.717) is 12.8 Å². The van der Waals surface area contributed by atoms with Gasteiger partial charge >= 0.3 is 12.2 Å². The van der Waals surface area contributed by atoms with Gasteiger partial charge in [-0.1, -0.05) is 41.7 Å². The van der Waals surface area contributed by atoms with Crippen molar-refractivity contribution in [2.24, 2.45) is 5.10 Å². The molecule has 0 fully saturated rings. The maximum Gasteiger partial charge on any atom is 0.475 e. The Balaban J connectivity index is 3.11. The van der Waals surface area contributed by atoms with Crippen molar-refractivity contribution >= 4 is 41.1 Å². The van der Waals surface area contributed by atoms with Gasteiger partial charge in [-0.15, -0.1) is 0 Å². The first-order valence-electron chi connectivity index (χ1n) is 5.03. The van der Waals surface area contributed by atoms with Gasteiger partial charge in [-0.3, -0.25) is 9.91 Å². The molecule has 0 aromatic heterocycles. The molecule has 1 rings (SSSR count). The fourth-order valence-electron chi connectivity index (χ4n) is 1.50. The maximum absolute atomic E-state index is 13.3. The number of rotatable bonds is 3. The predicted molar refractivity (Wildman–Crippen MR) is 62.4 cm³/mol. The molecular formula is C8H9Cl3F5N3. The van der Waals surface area contributed by atoms with E-state index in [2.05, 4.69) is 5.10 Å². The zero-order valence-corrected chi connectivity index (χ0v) is 11.7. The Morgan fingerprint density at radius 3 is 2.05 bits per heavy atom. The Labute approximate surface area is 120 Å². The Hall–Kier alpha value is -0.210. The number of hydrogen-bond donors (Lipinski definition) is 0. The van der Waals surface area contributed by atoms with E-state index in [1.54, 1.807) is 6.92 Å². The fourth-order valence-corrected chi connectivity index (χ4v) is 2.15. The van der Waals surface area contributed by atoms with Crippen LogP contribution in [0.15, 0.2) is 5.10 Å². The van der Waals surface area contributed by atoms with E-state index in [0.717, 1.165) is 5.01 Å². The molecule has 0 saturated carbocycles. The maximum atomic E-state index is 13.3. The highest BCUT2D eigenvalue weighted by atomic mass is 35.6. The summed E-state index contributed by atoms with van der Waals surface area (Å²) >= 11 is 16.5. The van der Waals surface area contributed by atoms with Crippen LogP contribution in [0.1, 0.15) is 13.3 Å². The van der Waals surface area contributed by atoms with Gasteiger partial charge in [-0.2, -0.15) is 27.1 Å². The van der Waals surface area contributed by atoms with Crippen LogP contribution in [-0.2, 0) is 0 Å². The van der Waals surface area contributed by atoms with Crippen molar-refractivity contribution < 1.29 is 22.0 Å². The molecule has 0 saturated heterocycles. The lowest BCUT2D eigenvalue weighted by Gasteiger charge is -2.38. The lowest BCUT2D eigenvalue weighted by atomic mass is 10.3. The van der Waals surface area contributed by atoms with Crippen molar-refractivity contribution in [3.8, 4) is 0 Å². The molecule has 1 aliphatic heterocycles. The van der Waals surface area contributed by atoms with Crippen LogP contribution in [0.4, 0.5) is 22.0 Å². The molecule has 0 radical (unpaired) electrons. The highest BCUT2D eigenvalue weighted by Gasteiger charge is 2.66. The molecule has 1 unspecified atom stereocenters. The molecule has 0 amide bonds. The van der Waals surface area contributed by atoms with Gasteiger partial charge in [0.25, 0.3) is 0 Å². The van der Waals surface area contributed by atoms with Gasteiger partial charge in [0, 0.05) is 6.54 Å². The molecule has 0 bridgehead atoms. The zero-order chi connectivity index (χ0) is 15.1. The summed E-state index contributed by atoms with van der Waals surface area (Å²) in [6.07, 6.45) is -6.89. The summed E-state index contributed by atoms with van der Waals surface area (Å²) in [6, 6.07) is -5.19. The van der Waals surface area contributed by atoms with Gasteiger partial charge in [-0.05, 0) is 6.42 Å². The largest absolute Gasteiger partial charge is 0.475 e. The SMILES string of the molecule is CCCN1N=CN(C(F)(F)C(F)(F)F)C1C(Cl)(Cl)Cl. The third-order valence-electron chi connectivity index (χ3n) is 2.28. The van der Waals surface area contributed by atoms with Crippen LogP contribution in [0.5, 0.6) is 0 Å². The predicted octanol–water partition coefficient (Wildman–Crippen LogP) is 3.81. The molecule has 0 aromatic rings.